The fraction of sp³-hybridized carbons (Fsp3) is 0.556. The molecular formula is C18H18F2N4O2S. The zero-order valence-corrected chi connectivity index (χ0v) is 15.2. The minimum atomic E-state index is -2.83. The molecule has 142 valence electrons. The minimum Gasteiger partial charge on any atom is -0.375 e. The van der Waals surface area contributed by atoms with Crippen molar-refractivity contribution in [3.05, 3.63) is 22.8 Å². The number of thiophene rings is 1. The van der Waals surface area contributed by atoms with E-state index in [9.17, 15) is 13.6 Å². The van der Waals surface area contributed by atoms with E-state index >= 15 is 0 Å². The van der Waals surface area contributed by atoms with Gasteiger partial charge >= 0.3 is 0 Å². The Hall–Kier alpha value is -2.00. The number of hydrogen-bond acceptors (Lipinski definition) is 5. The largest absolute Gasteiger partial charge is 0.375 e. The normalized spacial score (nSPS) is 33.3. The molecule has 1 saturated heterocycles. The summed E-state index contributed by atoms with van der Waals surface area (Å²) in [6, 6.07) is -0.256. The molecule has 0 radical (unpaired) electrons. The zero-order valence-electron chi connectivity index (χ0n) is 14.4. The Labute approximate surface area is 157 Å². The Morgan fingerprint density at radius 1 is 1.37 bits per heavy atom. The number of hydrogen-bond donors (Lipinski definition) is 2. The summed E-state index contributed by atoms with van der Waals surface area (Å²) in [6.45, 7) is 0.715. The van der Waals surface area contributed by atoms with E-state index < -0.39 is 5.92 Å². The van der Waals surface area contributed by atoms with Crippen LogP contribution in [0.25, 0.3) is 10.4 Å². The lowest BCUT2D eigenvalue weighted by molar-refractivity contribution is 0.00331. The first kappa shape index (κ1) is 16.0. The van der Waals surface area contributed by atoms with Crippen LogP contribution < -0.4 is 10.2 Å². The highest BCUT2D eigenvalue weighted by Crippen LogP contribution is 2.51. The van der Waals surface area contributed by atoms with Crippen LogP contribution in [0.2, 0.25) is 0 Å². The number of ether oxygens (including phenoxy) is 1. The summed E-state index contributed by atoms with van der Waals surface area (Å²) in [7, 11) is 0. The molecule has 3 aliphatic heterocycles. The van der Waals surface area contributed by atoms with E-state index in [0.29, 0.717) is 39.4 Å². The highest BCUT2D eigenvalue weighted by molar-refractivity contribution is 7.18. The number of alkyl halides is 2. The smallest absolute Gasteiger partial charge is 0.269 e. The van der Waals surface area contributed by atoms with E-state index in [1.54, 1.807) is 17.3 Å². The van der Waals surface area contributed by atoms with Crippen LogP contribution in [0.3, 0.4) is 0 Å². The number of fused-ring (bicyclic) bond motifs is 1. The van der Waals surface area contributed by atoms with Crippen LogP contribution in [0.5, 0.6) is 0 Å². The summed E-state index contributed by atoms with van der Waals surface area (Å²) in [5.41, 5.74) is 1.97. The minimum absolute atomic E-state index is 0.0692. The number of anilines is 1. The van der Waals surface area contributed by atoms with Crippen molar-refractivity contribution in [2.75, 3.05) is 24.6 Å². The molecule has 6 nitrogen and oxygen atoms in total. The highest BCUT2D eigenvalue weighted by atomic mass is 32.1. The average molecular weight is 392 g/mol. The number of rotatable bonds is 2. The predicted molar refractivity (Wildman–Crippen MR) is 95.4 cm³/mol. The zero-order chi connectivity index (χ0) is 18.3. The van der Waals surface area contributed by atoms with E-state index in [2.05, 4.69) is 15.5 Å². The number of nitrogens with zero attached hydrogens (tertiary/aromatic N) is 2. The van der Waals surface area contributed by atoms with Crippen LogP contribution in [-0.4, -0.2) is 53.9 Å². The van der Waals surface area contributed by atoms with Crippen molar-refractivity contribution in [2.45, 2.75) is 30.9 Å². The van der Waals surface area contributed by atoms with Gasteiger partial charge < -0.3 is 15.0 Å². The van der Waals surface area contributed by atoms with Gasteiger partial charge in [-0.25, -0.2) is 8.78 Å². The Bertz CT molecular complexity index is 928. The molecule has 0 unspecified atom stereocenters. The van der Waals surface area contributed by atoms with Gasteiger partial charge in [-0.2, -0.15) is 5.10 Å². The second-order valence-corrected chi connectivity index (χ2v) is 9.05. The van der Waals surface area contributed by atoms with Gasteiger partial charge in [-0.05, 0) is 18.3 Å². The van der Waals surface area contributed by atoms with Gasteiger partial charge in [0, 0.05) is 35.2 Å². The SMILES string of the molecule is O=C1N[C@@H]([C@H]2OC[C@@H]3C[C@@H]32)CN2CC(F)(F)Cc3c(-c4cn[nH]c4)sc1c32. The van der Waals surface area contributed by atoms with Gasteiger partial charge in [0.1, 0.15) is 4.88 Å². The molecule has 4 aliphatic rings. The summed E-state index contributed by atoms with van der Waals surface area (Å²) >= 11 is 1.28. The van der Waals surface area contributed by atoms with Gasteiger partial charge in [0.25, 0.3) is 11.8 Å². The molecule has 2 N–H and O–H groups in total. The van der Waals surface area contributed by atoms with Gasteiger partial charge in [0.15, 0.2) is 0 Å². The topological polar surface area (TPSA) is 70.2 Å². The van der Waals surface area contributed by atoms with E-state index in [4.69, 9.17) is 4.74 Å². The second kappa shape index (κ2) is 5.29. The summed E-state index contributed by atoms with van der Waals surface area (Å²) < 4.78 is 35.1. The Balaban J connectivity index is 1.45. The molecule has 1 amide bonds. The number of carbonyl (C=O) groups excluding carboxylic acids is 1. The first-order chi connectivity index (χ1) is 13.0. The maximum absolute atomic E-state index is 14.6. The number of H-pyrrole nitrogens is 1. The number of amides is 1. The number of aromatic nitrogens is 2. The van der Waals surface area contributed by atoms with Crippen LogP contribution in [0.1, 0.15) is 21.7 Å². The van der Waals surface area contributed by atoms with E-state index in [1.807, 2.05) is 0 Å². The molecule has 6 rings (SSSR count). The molecule has 2 aromatic heterocycles. The third-order valence-electron chi connectivity index (χ3n) is 6.15. The average Bonchev–Trinajstić information content (AvgIpc) is 3.00. The molecular weight excluding hydrogens is 374 g/mol. The van der Waals surface area contributed by atoms with Crippen LogP contribution in [0.15, 0.2) is 12.4 Å². The summed E-state index contributed by atoms with van der Waals surface area (Å²) in [5.74, 6) is -1.98. The third-order valence-corrected chi connectivity index (χ3v) is 7.42. The monoisotopic (exact) mass is 392 g/mol. The highest BCUT2D eigenvalue weighted by Gasteiger charge is 2.54. The fourth-order valence-electron chi connectivity index (χ4n) is 4.89. The molecule has 2 aromatic rings. The summed E-state index contributed by atoms with van der Waals surface area (Å²) in [6.07, 6.45) is 3.99. The second-order valence-electron chi connectivity index (χ2n) is 8.03. The molecule has 0 bridgehead atoms. The number of carbonyl (C=O) groups is 1. The Morgan fingerprint density at radius 2 is 2.26 bits per heavy atom. The lowest BCUT2D eigenvalue weighted by Crippen LogP contribution is -2.52. The quantitative estimate of drug-likeness (QED) is 0.823. The van der Waals surface area contributed by atoms with Gasteiger partial charge in [0.2, 0.25) is 0 Å². The summed E-state index contributed by atoms with van der Waals surface area (Å²) in [4.78, 5) is 15.9. The van der Waals surface area contributed by atoms with Crippen LogP contribution >= 0.6 is 11.3 Å². The van der Waals surface area contributed by atoms with E-state index in [0.717, 1.165) is 18.6 Å². The van der Waals surface area contributed by atoms with Crippen molar-refractivity contribution in [1.82, 2.24) is 15.5 Å². The van der Waals surface area contributed by atoms with Crippen molar-refractivity contribution in [3.63, 3.8) is 0 Å². The Kier molecular flexibility index (Phi) is 3.13. The lowest BCUT2D eigenvalue weighted by atomic mass is 9.97. The first-order valence-corrected chi connectivity index (χ1v) is 10.0. The predicted octanol–water partition coefficient (Wildman–Crippen LogP) is 2.28. The fourth-order valence-corrected chi connectivity index (χ4v) is 6.11. The molecule has 27 heavy (non-hydrogen) atoms. The maximum Gasteiger partial charge on any atom is 0.269 e. The van der Waals surface area contributed by atoms with Crippen LogP contribution in [-0.2, 0) is 11.2 Å². The number of nitrogens with one attached hydrogen (secondary N) is 2. The van der Waals surface area contributed by atoms with Crippen molar-refractivity contribution in [1.29, 1.82) is 0 Å². The van der Waals surface area contributed by atoms with Crippen molar-refractivity contribution < 1.29 is 18.3 Å². The van der Waals surface area contributed by atoms with E-state index in [-0.39, 0.29) is 31.0 Å². The third kappa shape index (κ3) is 2.37. The molecule has 0 aromatic carbocycles. The van der Waals surface area contributed by atoms with Crippen molar-refractivity contribution in [3.8, 4) is 10.4 Å². The van der Waals surface area contributed by atoms with Crippen molar-refractivity contribution in [2.24, 2.45) is 11.8 Å². The molecule has 0 spiro atoms. The van der Waals surface area contributed by atoms with Gasteiger partial charge in [-0.15, -0.1) is 11.3 Å². The number of aromatic amines is 1. The van der Waals surface area contributed by atoms with Crippen molar-refractivity contribution >= 4 is 22.9 Å². The summed E-state index contributed by atoms with van der Waals surface area (Å²) in [5, 5.41) is 9.73. The number of halogens is 2. The van der Waals surface area contributed by atoms with E-state index in [1.165, 1.54) is 11.3 Å². The molecule has 4 atom stereocenters. The molecule has 1 aliphatic carbocycles. The molecule has 9 heteroatoms. The van der Waals surface area contributed by atoms with Crippen LogP contribution in [0, 0.1) is 11.8 Å². The van der Waals surface area contributed by atoms with Crippen LogP contribution in [0.4, 0.5) is 14.5 Å². The lowest BCUT2D eigenvalue weighted by Gasteiger charge is -2.36. The Morgan fingerprint density at radius 3 is 2.96 bits per heavy atom. The standard InChI is InChI=1S/C18H18F2N4O2S/c19-18(20)2-11-13-16(27-15(11)9-3-21-22-4-9)17(25)23-12(5-24(13)7-18)14-10-1-8(10)6-26-14/h3-4,8,10,12,14H,1-2,5-7H2,(H,21,22)(H,23,25)/t8-,10-,12+,14-/m0/s1. The molecule has 5 heterocycles. The van der Waals surface area contributed by atoms with Gasteiger partial charge in [-0.1, -0.05) is 0 Å². The van der Waals surface area contributed by atoms with Gasteiger partial charge in [-0.3, -0.25) is 9.89 Å². The first-order valence-electron chi connectivity index (χ1n) is 9.20. The molecule has 2 fully saturated rings. The molecule has 1 saturated carbocycles. The maximum atomic E-state index is 14.6. The van der Waals surface area contributed by atoms with Gasteiger partial charge in [0.05, 0.1) is 37.2 Å².